The molecule has 1 aromatic carbocycles. The molecule has 0 radical (unpaired) electrons. The highest BCUT2D eigenvalue weighted by atomic mass is 16.2. The van der Waals surface area contributed by atoms with Crippen molar-refractivity contribution in [1.29, 1.82) is 0 Å². The molecule has 0 aromatic heterocycles. The smallest absolute Gasteiger partial charge is 0.237 e. The molecule has 4 nitrogen and oxygen atoms in total. The van der Waals surface area contributed by atoms with Crippen molar-refractivity contribution in [3.8, 4) is 0 Å². The number of hydrogen-bond acceptors (Lipinski definition) is 3. The molecule has 2 atom stereocenters. The molecule has 1 saturated heterocycles. The van der Waals surface area contributed by atoms with E-state index in [1.54, 1.807) is 0 Å². The molecule has 1 aromatic rings. The molecular formula is C22H37N3O. The maximum absolute atomic E-state index is 11.9. The van der Waals surface area contributed by atoms with Crippen LogP contribution in [0.3, 0.4) is 0 Å². The van der Waals surface area contributed by atoms with Crippen LogP contribution in [0.1, 0.15) is 51.5 Å². The Morgan fingerprint density at radius 3 is 2.58 bits per heavy atom. The number of piperidine rings is 1. The second-order valence-electron chi connectivity index (χ2n) is 7.88. The van der Waals surface area contributed by atoms with Crippen molar-refractivity contribution in [3.63, 3.8) is 0 Å². The van der Waals surface area contributed by atoms with Gasteiger partial charge in [-0.25, -0.2) is 0 Å². The number of benzene rings is 1. The monoisotopic (exact) mass is 359 g/mol. The minimum atomic E-state index is -0.372. The minimum absolute atomic E-state index is 0.000997. The van der Waals surface area contributed by atoms with E-state index in [0.717, 1.165) is 38.3 Å². The number of nitrogens with one attached hydrogen (secondary N) is 1. The van der Waals surface area contributed by atoms with E-state index in [9.17, 15) is 4.79 Å². The van der Waals surface area contributed by atoms with Crippen molar-refractivity contribution < 1.29 is 4.79 Å². The second kappa shape index (κ2) is 11.3. The third kappa shape index (κ3) is 7.08. The predicted molar refractivity (Wildman–Crippen MR) is 109 cm³/mol. The quantitative estimate of drug-likeness (QED) is 0.631. The largest absolute Gasteiger partial charge is 0.355 e. The molecular weight excluding hydrogens is 322 g/mol. The molecule has 1 fully saturated rings. The molecule has 146 valence electrons. The first kappa shape index (κ1) is 20.9. The summed E-state index contributed by atoms with van der Waals surface area (Å²) in [5, 5.41) is 2.99. The van der Waals surface area contributed by atoms with Crippen LogP contribution in [0.2, 0.25) is 0 Å². The average molecular weight is 360 g/mol. The van der Waals surface area contributed by atoms with Crippen molar-refractivity contribution >= 4 is 5.91 Å². The van der Waals surface area contributed by atoms with Gasteiger partial charge in [0, 0.05) is 6.54 Å². The molecule has 4 heteroatoms. The summed E-state index contributed by atoms with van der Waals surface area (Å²) in [6, 6.07) is 10.5. The van der Waals surface area contributed by atoms with Crippen LogP contribution in [0.4, 0.5) is 0 Å². The number of carbonyl (C=O) groups excluding carboxylic acids is 1. The van der Waals surface area contributed by atoms with Gasteiger partial charge in [0.05, 0.1) is 6.04 Å². The van der Waals surface area contributed by atoms with Gasteiger partial charge in [-0.15, -0.1) is 0 Å². The number of nitrogens with zero attached hydrogens (tertiary/aromatic N) is 1. The third-order valence-electron chi connectivity index (χ3n) is 5.83. The topological polar surface area (TPSA) is 58.4 Å². The summed E-state index contributed by atoms with van der Waals surface area (Å²) >= 11 is 0. The van der Waals surface area contributed by atoms with Gasteiger partial charge in [-0.3, -0.25) is 4.79 Å². The summed E-state index contributed by atoms with van der Waals surface area (Å²) in [5.74, 6) is 1.07. The molecule has 1 heterocycles. The van der Waals surface area contributed by atoms with E-state index in [-0.39, 0.29) is 17.9 Å². The molecule has 1 aliphatic rings. The van der Waals surface area contributed by atoms with Crippen LogP contribution in [-0.2, 0) is 11.2 Å². The van der Waals surface area contributed by atoms with Crippen molar-refractivity contribution in [2.24, 2.45) is 17.6 Å². The molecule has 1 amide bonds. The van der Waals surface area contributed by atoms with E-state index in [4.69, 9.17) is 5.73 Å². The second-order valence-corrected chi connectivity index (χ2v) is 7.88. The number of unbranched alkanes of at least 4 members (excludes halogenated alkanes) is 1. The third-order valence-corrected chi connectivity index (χ3v) is 5.83. The fraction of sp³-hybridized carbons (Fsp3) is 0.682. The van der Waals surface area contributed by atoms with Crippen LogP contribution in [0.5, 0.6) is 0 Å². The minimum Gasteiger partial charge on any atom is -0.355 e. The zero-order chi connectivity index (χ0) is 18.8. The maximum atomic E-state index is 11.9. The maximum Gasteiger partial charge on any atom is 0.237 e. The lowest BCUT2D eigenvalue weighted by Gasteiger charge is -2.32. The van der Waals surface area contributed by atoms with Gasteiger partial charge in [0.2, 0.25) is 5.91 Å². The van der Waals surface area contributed by atoms with Gasteiger partial charge in [0.1, 0.15) is 0 Å². The predicted octanol–water partition coefficient (Wildman–Crippen LogP) is 3.21. The van der Waals surface area contributed by atoms with E-state index in [1.165, 1.54) is 37.9 Å². The van der Waals surface area contributed by atoms with Gasteiger partial charge < -0.3 is 16.0 Å². The fourth-order valence-corrected chi connectivity index (χ4v) is 3.66. The Labute approximate surface area is 159 Å². The highest BCUT2D eigenvalue weighted by Crippen LogP contribution is 2.21. The first-order valence-electron chi connectivity index (χ1n) is 10.4. The van der Waals surface area contributed by atoms with E-state index >= 15 is 0 Å². The number of hydrogen-bond donors (Lipinski definition) is 2. The number of nitrogens with two attached hydrogens (primary N) is 1. The first-order chi connectivity index (χ1) is 12.6. The molecule has 2 unspecified atom stereocenters. The van der Waals surface area contributed by atoms with Gasteiger partial charge in [-0.2, -0.15) is 0 Å². The lowest BCUT2D eigenvalue weighted by Crippen LogP contribution is -2.45. The SMILES string of the molecule is CCC(C)C(N)C(=O)NCCCCN1CCC(Cc2ccccc2)CC1. The standard InChI is InChI=1S/C22H37N3O/c1-3-18(2)21(23)22(26)24-13-7-8-14-25-15-11-20(12-16-25)17-19-9-5-4-6-10-19/h4-6,9-10,18,20-21H,3,7-8,11-17,23H2,1-2H3,(H,24,26). The highest BCUT2D eigenvalue weighted by molar-refractivity contribution is 5.81. The lowest BCUT2D eigenvalue weighted by molar-refractivity contribution is -0.123. The average Bonchev–Trinajstić information content (AvgIpc) is 2.68. The Hall–Kier alpha value is -1.39. The van der Waals surface area contributed by atoms with Crippen LogP contribution >= 0.6 is 0 Å². The molecule has 2 rings (SSSR count). The summed E-state index contributed by atoms with van der Waals surface area (Å²) in [4.78, 5) is 14.5. The number of amides is 1. The Morgan fingerprint density at radius 2 is 1.92 bits per heavy atom. The van der Waals surface area contributed by atoms with Gasteiger partial charge >= 0.3 is 0 Å². The Morgan fingerprint density at radius 1 is 1.23 bits per heavy atom. The fourth-order valence-electron chi connectivity index (χ4n) is 3.66. The summed E-state index contributed by atoms with van der Waals surface area (Å²) in [6.07, 6.45) is 6.93. The summed E-state index contributed by atoms with van der Waals surface area (Å²) in [5.41, 5.74) is 7.42. The van der Waals surface area contributed by atoms with E-state index in [1.807, 2.05) is 6.92 Å². The molecule has 0 saturated carbocycles. The van der Waals surface area contributed by atoms with Crippen molar-refractivity contribution in [1.82, 2.24) is 10.2 Å². The van der Waals surface area contributed by atoms with E-state index in [2.05, 4.69) is 47.5 Å². The van der Waals surface area contributed by atoms with Crippen molar-refractivity contribution in [2.45, 2.75) is 58.4 Å². The molecule has 0 bridgehead atoms. The zero-order valence-corrected chi connectivity index (χ0v) is 16.6. The molecule has 1 aliphatic heterocycles. The van der Waals surface area contributed by atoms with Crippen molar-refractivity contribution in [3.05, 3.63) is 35.9 Å². The van der Waals surface area contributed by atoms with E-state index < -0.39 is 0 Å². The van der Waals surface area contributed by atoms with Crippen LogP contribution in [-0.4, -0.2) is 43.0 Å². The molecule has 0 aliphatic carbocycles. The lowest BCUT2D eigenvalue weighted by atomic mass is 9.90. The van der Waals surface area contributed by atoms with Crippen molar-refractivity contribution in [2.75, 3.05) is 26.2 Å². The van der Waals surface area contributed by atoms with Crippen LogP contribution in [0, 0.1) is 11.8 Å². The van der Waals surface area contributed by atoms with Crippen LogP contribution in [0.25, 0.3) is 0 Å². The normalized spacial score (nSPS) is 18.4. The molecule has 3 N–H and O–H groups in total. The van der Waals surface area contributed by atoms with Gasteiger partial charge in [0.25, 0.3) is 0 Å². The molecule has 26 heavy (non-hydrogen) atoms. The Kier molecular flexibility index (Phi) is 9.13. The van der Waals surface area contributed by atoms with E-state index in [0.29, 0.717) is 0 Å². The number of carbonyl (C=O) groups is 1. The first-order valence-corrected chi connectivity index (χ1v) is 10.4. The zero-order valence-electron chi connectivity index (χ0n) is 16.6. The summed E-state index contributed by atoms with van der Waals surface area (Å²) < 4.78 is 0. The summed E-state index contributed by atoms with van der Waals surface area (Å²) in [6.45, 7) is 8.41. The van der Waals surface area contributed by atoms with Gasteiger partial charge in [0.15, 0.2) is 0 Å². The molecule has 0 spiro atoms. The van der Waals surface area contributed by atoms with Gasteiger partial charge in [-0.1, -0.05) is 50.6 Å². The highest BCUT2D eigenvalue weighted by Gasteiger charge is 2.20. The number of likely N-dealkylation sites (tertiary alicyclic amines) is 1. The van der Waals surface area contributed by atoms with Gasteiger partial charge in [-0.05, 0) is 69.1 Å². The Bertz CT molecular complexity index is 511. The van der Waals surface area contributed by atoms with Crippen LogP contribution in [0.15, 0.2) is 30.3 Å². The Balaban J connectivity index is 1.53. The summed E-state index contributed by atoms with van der Waals surface area (Å²) in [7, 11) is 0. The number of rotatable bonds is 10. The van der Waals surface area contributed by atoms with Crippen LogP contribution < -0.4 is 11.1 Å².